The Bertz CT molecular complexity index is 754. The number of urea groups is 1. The van der Waals surface area contributed by atoms with Gasteiger partial charge in [-0.15, -0.1) is 0 Å². The van der Waals surface area contributed by atoms with Crippen LogP contribution in [0, 0.1) is 5.92 Å². The lowest BCUT2D eigenvalue weighted by Crippen LogP contribution is -2.42. The molecule has 0 unspecified atom stereocenters. The van der Waals surface area contributed by atoms with E-state index in [1.807, 2.05) is 6.07 Å². The number of likely N-dealkylation sites (tertiary alicyclic amines) is 1. The molecule has 1 aromatic carbocycles. The maximum Gasteiger partial charge on any atom is 0.314 e. The smallest absolute Gasteiger partial charge is 0.314 e. The van der Waals surface area contributed by atoms with Gasteiger partial charge in [0.25, 0.3) is 5.91 Å². The van der Waals surface area contributed by atoms with Crippen LogP contribution < -0.4 is 16.0 Å². The standard InChI is InChI=1S/C21H27N5O2/c27-20(19-7-4-9-22-14-19)23-10-11-24-21(28)25-13-18-8-12-26(16-18)15-17-5-2-1-3-6-17/h1-7,9,14,18H,8,10-13,15-16H2,(H,23,27)(H2,24,25,28)/t18-/m1/s1. The molecule has 1 fully saturated rings. The van der Waals surface area contributed by atoms with Crippen LogP contribution in [0.4, 0.5) is 4.79 Å². The molecule has 3 N–H and O–H groups in total. The van der Waals surface area contributed by atoms with Gasteiger partial charge < -0.3 is 16.0 Å². The molecule has 7 heteroatoms. The van der Waals surface area contributed by atoms with Gasteiger partial charge in [-0.3, -0.25) is 14.7 Å². The predicted molar refractivity (Wildman–Crippen MR) is 108 cm³/mol. The van der Waals surface area contributed by atoms with Crippen molar-refractivity contribution in [2.45, 2.75) is 13.0 Å². The van der Waals surface area contributed by atoms with Crippen molar-refractivity contribution in [3.05, 3.63) is 66.0 Å². The van der Waals surface area contributed by atoms with E-state index < -0.39 is 0 Å². The van der Waals surface area contributed by atoms with Crippen molar-refractivity contribution in [3.63, 3.8) is 0 Å². The molecule has 1 aliphatic rings. The maximum atomic E-state index is 11.9. The molecule has 1 aliphatic heterocycles. The monoisotopic (exact) mass is 381 g/mol. The second-order valence-corrected chi connectivity index (χ2v) is 7.01. The predicted octanol–water partition coefficient (Wildman–Crippen LogP) is 1.63. The molecule has 3 rings (SSSR count). The quantitative estimate of drug-likeness (QED) is 0.607. The highest BCUT2D eigenvalue weighted by Crippen LogP contribution is 2.17. The molecule has 1 atom stereocenters. The highest BCUT2D eigenvalue weighted by atomic mass is 16.2. The van der Waals surface area contributed by atoms with Gasteiger partial charge in [0.1, 0.15) is 0 Å². The van der Waals surface area contributed by atoms with Gasteiger partial charge >= 0.3 is 6.03 Å². The number of hydrogen-bond donors (Lipinski definition) is 3. The van der Waals surface area contributed by atoms with Crippen molar-refractivity contribution in [2.75, 3.05) is 32.7 Å². The number of carbonyl (C=O) groups is 2. The highest BCUT2D eigenvalue weighted by Gasteiger charge is 2.22. The van der Waals surface area contributed by atoms with Crippen molar-refractivity contribution >= 4 is 11.9 Å². The molecule has 148 valence electrons. The molecular formula is C21H27N5O2. The lowest BCUT2D eigenvalue weighted by molar-refractivity contribution is 0.0953. The fraction of sp³-hybridized carbons (Fsp3) is 0.381. The van der Waals surface area contributed by atoms with Crippen LogP contribution in [0.1, 0.15) is 22.3 Å². The van der Waals surface area contributed by atoms with Crippen LogP contribution in [-0.2, 0) is 6.54 Å². The van der Waals surface area contributed by atoms with Gasteiger partial charge in [0.05, 0.1) is 5.56 Å². The van der Waals surface area contributed by atoms with E-state index in [4.69, 9.17) is 0 Å². The van der Waals surface area contributed by atoms with E-state index in [9.17, 15) is 9.59 Å². The number of hydrogen-bond acceptors (Lipinski definition) is 4. The van der Waals surface area contributed by atoms with Gasteiger partial charge in [-0.2, -0.15) is 0 Å². The Balaban J connectivity index is 1.26. The number of aromatic nitrogens is 1. The highest BCUT2D eigenvalue weighted by molar-refractivity contribution is 5.93. The molecule has 0 aliphatic carbocycles. The number of pyridine rings is 1. The van der Waals surface area contributed by atoms with Crippen molar-refractivity contribution in [1.29, 1.82) is 0 Å². The first-order valence-electron chi connectivity index (χ1n) is 9.67. The zero-order valence-corrected chi connectivity index (χ0v) is 15.9. The summed E-state index contributed by atoms with van der Waals surface area (Å²) in [5.41, 5.74) is 1.83. The summed E-state index contributed by atoms with van der Waals surface area (Å²) in [5.74, 6) is 0.277. The topological polar surface area (TPSA) is 86.4 Å². The summed E-state index contributed by atoms with van der Waals surface area (Å²) >= 11 is 0. The summed E-state index contributed by atoms with van der Waals surface area (Å²) in [7, 11) is 0. The second kappa shape index (κ2) is 10.4. The third-order valence-corrected chi connectivity index (χ3v) is 4.79. The Morgan fingerprint density at radius 1 is 1.04 bits per heavy atom. The maximum absolute atomic E-state index is 11.9. The Labute approximate surface area is 165 Å². The van der Waals surface area contributed by atoms with Crippen molar-refractivity contribution < 1.29 is 9.59 Å². The van der Waals surface area contributed by atoms with Crippen LogP contribution in [0.2, 0.25) is 0 Å². The van der Waals surface area contributed by atoms with E-state index in [0.29, 0.717) is 31.1 Å². The lowest BCUT2D eigenvalue weighted by atomic mass is 10.1. The van der Waals surface area contributed by atoms with E-state index in [1.54, 1.807) is 18.3 Å². The largest absolute Gasteiger partial charge is 0.350 e. The number of nitrogens with zero attached hydrogens (tertiary/aromatic N) is 2. The minimum atomic E-state index is -0.197. The van der Waals surface area contributed by atoms with Crippen LogP contribution in [0.25, 0.3) is 0 Å². The summed E-state index contributed by atoms with van der Waals surface area (Å²) in [6, 6.07) is 13.7. The van der Waals surface area contributed by atoms with Crippen LogP contribution in [0.15, 0.2) is 54.9 Å². The summed E-state index contributed by atoms with van der Waals surface area (Å²) < 4.78 is 0. The molecule has 2 heterocycles. The molecule has 0 saturated carbocycles. The molecule has 2 aromatic rings. The van der Waals surface area contributed by atoms with Crippen molar-refractivity contribution in [1.82, 2.24) is 25.8 Å². The molecule has 0 radical (unpaired) electrons. The van der Waals surface area contributed by atoms with E-state index in [-0.39, 0.29) is 11.9 Å². The van der Waals surface area contributed by atoms with E-state index in [2.05, 4.69) is 50.1 Å². The van der Waals surface area contributed by atoms with Gasteiger partial charge in [0, 0.05) is 45.1 Å². The lowest BCUT2D eigenvalue weighted by Gasteiger charge is -2.16. The first kappa shape index (κ1) is 19.8. The Morgan fingerprint density at radius 2 is 1.86 bits per heavy atom. The van der Waals surface area contributed by atoms with E-state index in [1.165, 1.54) is 11.8 Å². The second-order valence-electron chi connectivity index (χ2n) is 7.01. The summed E-state index contributed by atoms with van der Waals surface area (Å²) in [5, 5.41) is 8.45. The Morgan fingerprint density at radius 3 is 2.64 bits per heavy atom. The van der Waals surface area contributed by atoms with E-state index in [0.717, 1.165) is 26.1 Å². The average Bonchev–Trinajstić information content (AvgIpc) is 3.18. The third kappa shape index (κ3) is 6.35. The van der Waals surface area contributed by atoms with Gasteiger partial charge in [0.2, 0.25) is 0 Å². The number of nitrogens with one attached hydrogen (secondary N) is 3. The summed E-state index contributed by atoms with van der Waals surface area (Å²) in [4.78, 5) is 30.1. The minimum Gasteiger partial charge on any atom is -0.350 e. The third-order valence-electron chi connectivity index (χ3n) is 4.79. The molecule has 28 heavy (non-hydrogen) atoms. The molecule has 1 saturated heterocycles. The zero-order chi connectivity index (χ0) is 19.6. The number of rotatable bonds is 8. The molecule has 1 aromatic heterocycles. The van der Waals surface area contributed by atoms with Gasteiger partial charge in [-0.25, -0.2) is 4.79 Å². The minimum absolute atomic E-state index is 0.195. The van der Waals surface area contributed by atoms with Gasteiger partial charge in [-0.05, 0) is 36.6 Å². The van der Waals surface area contributed by atoms with Crippen LogP contribution in [0.5, 0.6) is 0 Å². The van der Waals surface area contributed by atoms with Crippen molar-refractivity contribution in [3.8, 4) is 0 Å². The van der Waals surface area contributed by atoms with Crippen molar-refractivity contribution in [2.24, 2.45) is 5.92 Å². The van der Waals surface area contributed by atoms with Gasteiger partial charge in [0.15, 0.2) is 0 Å². The van der Waals surface area contributed by atoms with Crippen LogP contribution in [-0.4, -0.2) is 54.5 Å². The normalized spacial score (nSPS) is 16.5. The average molecular weight is 381 g/mol. The fourth-order valence-corrected chi connectivity index (χ4v) is 3.32. The molecular weight excluding hydrogens is 354 g/mol. The first-order valence-corrected chi connectivity index (χ1v) is 9.67. The number of carbonyl (C=O) groups excluding carboxylic acids is 2. The van der Waals surface area contributed by atoms with E-state index >= 15 is 0 Å². The van der Waals surface area contributed by atoms with Crippen LogP contribution >= 0.6 is 0 Å². The zero-order valence-electron chi connectivity index (χ0n) is 15.9. The Kier molecular flexibility index (Phi) is 7.37. The molecule has 3 amide bonds. The summed E-state index contributed by atoms with van der Waals surface area (Å²) in [6.07, 6.45) is 4.22. The fourth-order valence-electron chi connectivity index (χ4n) is 3.32. The first-order chi connectivity index (χ1) is 13.7. The van der Waals surface area contributed by atoms with Gasteiger partial charge in [-0.1, -0.05) is 30.3 Å². The summed E-state index contributed by atoms with van der Waals surface area (Å²) in [6.45, 7) is 4.43. The number of benzene rings is 1. The molecule has 0 spiro atoms. The SMILES string of the molecule is O=C(NCCNC(=O)c1cccnc1)NC[C@H]1CCN(Cc2ccccc2)C1. The molecule has 0 bridgehead atoms. The van der Waals surface area contributed by atoms with Crippen LogP contribution in [0.3, 0.4) is 0 Å². The Hall–Kier alpha value is -2.93. The number of amides is 3. The molecule has 7 nitrogen and oxygen atoms in total.